The quantitative estimate of drug-likeness (QED) is 0.197. The van der Waals surface area contributed by atoms with Gasteiger partial charge < -0.3 is 15.5 Å². The van der Waals surface area contributed by atoms with Crippen molar-refractivity contribution >= 4 is 17.7 Å². The van der Waals surface area contributed by atoms with Crippen molar-refractivity contribution in [1.29, 1.82) is 0 Å². The van der Waals surface area contributed by atoms with Crippen molar-refractivity contribution in [3.8, 4) is 0 Å². The molecule has 16 heteroatoms. The van der Waals surface area contributed by atoms with Gasteiger partial charge in [0.25, 0.3) is 0 Å². The van der Waals surface area contributed by atoms with E-state index in [4.69, 9.17) is 0 Å². The van der Waals surface area contributed by atoms with E-state index in [1.807, 2.05) is 0 Å². The highest BCUT2D eigenvalue weighted by Crippen LogP contribution is 2.42. The molecular formula is C31H29F9N4O3. The van der Waals surface area contributed by atoms with Gasteiger partial charge in [-0.2, -0.15) is 39.5 Å². The Morgan fingerprint density at radius 2 is 0.851 bits per heavy atom. The van der Waals surface area contributed by atoms with E-state index < -0.39 is 81.1 Å². The van der Waals surface area contributed by atoms with Crippen LogP contribution in [0.5, 0.6) is 0 Å². The van der Waals surface area contributed by atoms with Crippen LogP contribution in [0.1, 0.15) is 16.7 Å². The van der Waals surface area contributed by atoms with Gasteiger partial charge >= 0.3 is 36.3 Å². The Bertz CT molecular complexity index is 1370. The molecule has 3 amide bonds. The Balaban J connectivity index is 2.13. The van der Waals surface area contributed by atoms with Crippen molar-refractivity contribution in [2.45, 2.75) is 24.1 Å². The monoisotopic (exact) mass is 676 g/mol. The third kappa shape index (κ3) is 9.47. The molecule has 0 atom stereocenters. The average Bonchev–Trinajstić information content (AvgIpc) is 3.02. The summed E-state index contributed by atoms with van der Waals surface area (Å²) in [6, 6.07) is 25.2. The van der Waals surface area contributed by atoms with Gasteiger partial charge in [-0.25, -0.2) is 0 Å². The van der Waals surface area contributed by atoms with Crippen LogP contribution in [0.15, 0.2) is 91.0 Å². The topological polar surface area (TPSA) is 81.8 Å². The molecule has 0 aliphatic heterocycles. The molecule has 2 N–H and O–H groups in total. The second kappa shape index (κ2) is 15.3. The lowest BCUT2D eigenvalue weighted by molar-refractivity contribution is -0.186. The van der Waals surface area contributed by atoms with E-state index in [0.29, 0.717) is 16.7 Å². The van der Waals surface area contributed by atoms with Gasteiger partial charge in [-0.05, 0) is 16.7 Å². The molecule has 47 heavy (non-hydrogen) atoms. The number of hydrogen-bond acceptors (Lipinski definition) is 4. The lowest BCUT2D eigenvalue weighted by Crippen LogP contribution is -2.55. The highest BCUT2D eigenvalue weighted by molar-refractivity contribution is 5.83. The Morgan fingerprint density at radius 1 is 0.489 bits per heavy atom. The standard InChI is InChI=1S/C31H29F9N4O3/c32-29(33,34)25(45)41-16-18-43(27(47)31(38,39)40)20-21-44(19-17-42-26(46)30(35,36)37)28(22-10-4-1-5-11-22,23-12-6-2-7-13-23)24-14-8-3-9-15-24/h1-15H,16-21H2,(H,41,45)(H,42,46). The smallest absolute Gasteiger partial charge is 0.347 e. The zero-order valence-electron chi connectivity index (χ0n) is 24.4. The van der Waals surface area contributed by atoms with Crippen LogP contribution in [-0.4, -0.2) is 85.3 Å². The summed E-state index contributed by atoms with van der Waals surface area (Å²) in [6.45, 7) is -4.28. The number of nitrogens with one attached hydrogen (secondary N) is 2. The first kappa shape index (κ1) is 36.9. The van der Waals surface area contributed by atoms with Crippen LogP contribution in [0.25, 0.3) is 0 Å². The van der Waals surface area contributed by atoms with Crippen LogP contribution < -0.4 is 10.6 Å². The summed E-state index contributed by atoms with van der Waals surface area (Å²) < 4.78 is 118. The van der Waals surface area contributed by atoms with Crippen LogP contribution in [0.3, 0.4) is 0 Å². The first-order valence-electron chi connectivity index (χ1n) is 14.0. The summed E-state index contributed by atoms with van der Waals surface area (Å²) in [4.78, 5) is 37.0. The van der Waals surface area contributed by atoms with Crippen LogP contribution >= 0.6 is 0 Å². The van der Waals surface area contributed by atoms with Crippen LogP contribution in [0.4, 0.5) is 39.5 Å². The third-order valence-electron chi connectivity index (χ3n) is 7.07. The zero-order chi connectivity index (χ0) is 34.9. The van der Waals surface area contributed by atoms with Gasteiger partial charge in [-0.3, -0.25) is 19.3 Å². The molecule has 3 aromatic rings. The van der Waals surface area contributed by atoms with Crippen molar-refractivity contribution in [3.63, 3.8) is 0 Å². The molecule has 3 aromatic carbocycles. The largest absolute Gasteiger partial charge is 0.471 e. The molecule has 3 rings (SSSR count). The molecule has 0 fully saturated rings. The summed E-state index contributed by atoms with van der Waals surface area (Å²) in [7, 11) is 0. The number of nitrogens with zero attached hydrogens (tertiary/aromatic N) is 2. The van der Waals surface area contributed by atoms with E-state index in [2.05, 4.69) is 0 Å². The Labute approximate surface area is 263 Å². The second-order valence-electron chi connectivity index (χ2n) is 10.1. The van der Waals surface area contributed by atoms with Gasteiger partial charge in [0.05, 0.1) is 5.54 Å². The van der Waals surface area contributed by atoms with Gasteiger partial charge in [-0.15, -0.1) is 0 Å². The number of benzene rings is 3. The van der Waals surface area contributed by atoms with E-state index in [9.17, 15) is 53.9 Å². The van der Waals surface area contributed by atoms with Crippen molar-refractivity contribution in [2.24, 2.45) is 0 Å². The summed E-state index contributed by atoms with van der Waals surface area (Å²) in [5, 5.41) is 3.18. The molecule has 0 aliphatic carbocycles. The van der Waals surface area contributed by atoms with E-state index in [1.54, 1.807) is 96.3 Å². The molecule has 0 aromatic heterocycles. The zero-order valence-corrected chi connectivity index (χ0v) is 24.4. The fourth-order valence-corrected chi connectivity index (χ4v) is 5.08. The molecule has 7 nitrogen and oxygen atoms in total. The molecule has 0 radical (unpaired) electrons. The highest BCUT2D eigenvalue weighted by Gasteiger charge is 2.46. The molecule has 0 saturated heterocycles. The van der Waals surface area contributed by atoms with Crippen molar-refractivity contribution in [1.82, 2.24) is 20.4 Å². The number of carbonyl (C=O) groups is 3. The minimum atomic E-state index is -5.45. The minimum absolute atomic E-state index is 0.198. The van der Waals surface area contributed by atoms with Gasteiger partial charge in [0.1, 0.15) is 0 Å². The highest BCUT2D eigenvalue weighted by atomic mass is 19.4. The van der Waals surface area contributed by atoms with Crippen molar-refractivity contribution < 1.29 is 53.9 Å². The molecule has 0 spiro atoms. The van der Waals surface area contributed by atoms with E-state index >= 15 is 0 Å². The fourth-order valence-electron chi connectivity index (χ4n) is 5.08. The van der Waals surface area contributed by atoms with E-state index in [-0.39, 0.29) is 4.90 Å². The maximum Gasteiger partial charge on any atom is 0.471 e. The fraction of sp³-hybridized carbons (Fsp3) is 0.323. The molecule has 0 heterocycles. The van der Waals surface area contributed by atoms with Crippen molar-refractivity contribution in [3.05, 3.63) is 108 Å². The third-order valence-corrected chi connectivity index (χ3v) is 7.07. The summed E-state index contributed by atoms with van der Waals surface area (Å²) in [6.07, 6.45) is -16.0. The normalized spacial score (nSPS) is 12.5. The lowest BCUT2D eigenvalue weighted by Gasteiger charge is -2.46. The number of rotatable bonds is 13. The average molecular weight is 677 g/mol. The minimum Gasteiger partial charge on any atom is -0.347 e. The van der Waals surface area contributed by atoms with Gasteiger partial charge in [0, 0.05) is 39.3 Å². The van der Waals surface area contributed by atoms with E-state index in [1.165, 1.54) is 10.2 Å². The molecule has 0 unspecified atom stereocenters. The predicted octanol–water partition coefficient (Wildman–Crippen LogP) is 5.03. The van der Waals surface area contributed by atoms with Gasteiger partial charge in [0.15, 0.2) is 0 Å². The summed E-state index contributed by atoms with van der Waals surface area (Å²) in [5.41, 5.74) is 0.117. The number of carbonyl (C=O) groups excluding carboxylic acids is 3. The Hall–Kier alpha value is -4.60. The predicted molar refractivity (Wildman–Crippen MR) is 152 cm³/mol. The van der Waals surface area contributed by atoms with Crippen LogP contribution in [0.2, 0.25) is 0 Å². The first-order valence-corrected chi connectivity index (χ1v) is 14.0. The van der Waals surface area contributed by atoms with Gasteiger partial charge in [0.2, 0.25) is 0 Å². The Morgan fingerprint density at radius 3 is 1.19 bits per heavy atom. The molecule has 0 aliphatic rings. The molecule has 254 valence electrons. The van der Waals surface area contributed by atoms with Crippen LogP contribution in [-0.2, 0) is 19.9 Å². The van der Waals surface area contributed by atoms with Crippen molar-refractivity contribution in [2.75, 3.05) is 39.3 Å². The van der Waals surface area contributed by atoms with Gasteiger partial charge in [-0.1, -0.05) is 91.0 Å². The number of alkyl halides is 9. The number of hydrogen-bond donors (Lipinski definition) is 2. The number of amides is 3. The molecule has 0 saturated carbocycles. The summed E-state index contributed by atoms with van der Waals surface area (Å²) >= 11 is 0. The first-order chi connectivity index (χ1) is 22.0. The van der Waals surface area contributed by atoms with Crippen LogP contribution in [0, 0.1) is 0 Å². The molecule has 0 bridgehead atoms. The maximum atomic E-state index is 13.6. The summed E-state index contributed by atoms with van der Waals surface area (Å²) in [5.74, 6) is -7.08. The lowest BCUT2D eigenvalue weighted by atomic mass is 9.75. The Kier molecular flexibility index (Phi) is 12.0. The molecular weight excluding hydrogens is 647 g/mol. The SMILES string of the molecule is O=C(NCCN(CCN(CCNC(=O)C(F)(F)F)C(c1ccccc1)(c1ccccc1)c1ccccc1)C(=O)C(F)(F)F)C(F)(F)F. The number of halogens is 9. The van der Waals surface area contributed by atoms with E-state index in [0.717, 1.165) is 0 Å². The second-order valence-corrected chi connectivity index (χ2v) is 10.1. The maximum absolute atomic E-state index is 13.6.